The van der Waals surface area contributed by atoms with Crippen LogP contribution in [0.15, 0.2) is 17.5 Å². The Hall–Kier alpha value is -2.61. The van der Waals surface area contributed by atoms with Gasteiger partial charge in [-0.25, -0.2) is 4.98 Å². The van der Waals surface area contributed by atoms with E-state index in [4.69, 9.17) is 15.2 Å². The van der Waals surface area contributed by atoms with Gasteiger partial charge in [0.2, 0.25) is 6.79 Å². The summed E-state index contributed by atoms with van der Waals surface area (Å²) < 4.78 is 10.4. The van der Waals surface area contributed by atoms with Crippen LogP contribution in [0.4, 0.5) is 10.8 Å². The predicted octanol–water partition coefficient (Wildman–Crippen LogP) is 1.91. The highest BCUT2D eigenvalue weighted by Crippen LogP contribution is 2.36. The van der Waals surface area contributed by atoms with Crippen molar-refractivity contribution in [3.63, 3.8) is 0 Å². The third-order valence-electron chi connectivity index (χ3n) is 2.87. The number of nitrogens with zero attached hydrogens (tertiary/aromatic N) is 1. The number of hydrogen-bond acceptors (Lipinski definition) is 7. The Kier molecular flexibility index (Phi) is 3.22. The van der Waals surface area contributed by atoms with Crippen LogP contribution in [-0.2, 0) is 0 Å². The Balaban J connectivity index is 1.83. The minimum absolute atomic E-state index is 0.105. The molecule has 108 valence electrons. The van der Waals surface area contributed by atoms with Crippen LogP contribution in [0, 0.1) is 0 Å². The number of aromatic nitrogens is 1. The number of carbonyl (C=O) groups excluding carboxylic acids is 2. The van der Waals surface area contributed by atoms with Crippen molar-refractivity contribution in [1.82, 2.24) is 4.98 Å². The molecule has 0 bridgehead atoms. The Morgan fingerprint density at radius 3 is 2.71 bits per heavy atom. The van der Waals surface area contributed by atoms with Crippen LogP contribution in [0.3, 0.4) is 0 Å². The first-order chi connectivity index (χ1) is 10.0. The highest BCUT2D eigenvalue weighted by atomic mass is 32.1. The number of nitrogen functional groups attached to an aromatic ring is 1. The lowest BCUT2D eigenvalue weighted by atomic mass is 10.1. The molecular formula is C13H11N3O4S. The number of ether oxygens (including phenoxy) is 2. The molecule has 2 heterocycles. The highest BCUT2D eigenvalue weighted by Gasteiger charge is 2.20. The van der Waals surface area contributed by atoms with Gasteiger partial charge in [0.05, 0.1) is 5.56 Å². The molecule has 7 nitrogen and oxygen atoms in total. The van der Waals surface area contributed by atoms with Crippen molar-refractivity contribution in [1.29, 1.82) is 0 Å². The summed E-state index contributed by atoms with van der Waals surface area (Å²) in [7, 11) is 0. The molecule has 1 amide bonds. The Bertz CT molecular complexity index is 741. The summed E-state index contributed by atoms with van der Waals surface area (Å²) in [6.07, 6.45) is 0. The first-order valence-corrected chi connectivity index (χ1v) is 6.89. The van der Waals surface area contributed by atoms with Crippen LogP contribution in [-0.4, -0.2) is 23.5 Å². The lowest BCUT2D eigenvalue weighted by Gasteiger charge is -2.06. The molecule has 1 aromatic carbocycles. The van der Waals surface area contributed by atoms with Gasteiger partial charge < -0.3 is 15.2 Å². The molecule has 0 fully saturated rings. The molecule has 0 atom stereocenters. The fraction of sp³-hybridized carbons (Fsp3) is 0.154. The molecular weight excluding hydrogens is 294 g/mol. The number of anilines is 2. The molecule has 0 unspecified atom stereocenters. The molecule has 0 aliphatic carbocycles. The number of amides is 1. The van der Waals surface area contributed by atoms with E-state index in [1.165, 1.54) is 24.3 Å². The fourth-order valence-electron chi connectivity index (χ4n) is 1.81. The van der Waals surface area contributed by atoms with E-state index in [1.807, 2.05) is 0 Å². The summed E-state index contributed by atoms with van der Waals surface area (Å²) in [5.74, 6) is 0.402. The predicted molar refractivity (Wildman–Crippen MR) is 77.0 cm³/mol. The maximum Gasteiger partial charge on any atom is 0.259 e. The van der Waals surface area contributed by atoms with Gasteiger partial charge in [0, 0.05) is 24.1 Å². The minimum atomic E-state index is -0.421. The number of carbonyl (C=O) groups is 2. The van der Waals surface area contributed by atoms with Crippen molar-refractivity contribution >= 4 is 33.8 Å². The van der Waals surface area contributed by atoms with E-state index in [0.717, 1.165) is 0 Å². The first kappa shape index (κ1) is 13.4. The number of rotatable bonds is 3. The highest BCUT2D eigenvalue weighted by molar-refractivity contribution is 7.14. The zero-order valence-corrected chi connectivity index (χ0v) is 11.8. The molecule has 1 aliphatic heterocycles. The quantitative estimate of drug-likeness (QED) is 0.663. The standard InChI is InChI=1S/C13H11N3O4S/c1-6(17)9-4-21-13(15-9)16-12(18)7-2-10-11(3-8(7)14)20-5-19-10/h2-4H,5,14H2,1H3,(H,15,16,18). The van der Waals surface area contributed by atoms with E-state index in [2.05, 4.69) is 10.3 Å². The van der Waals surface area contributed by atoms with Gasteiger partial charge in [-0.1, -0.05) is 0 Å². The van der Waals surface area contributed by atoms with Crippen molar-refractivity contribution in [2.45, 2.75) is 6.92 Å². The molecule has 1 aliphatic rings. The number of benzene rings is 1. The SMILES string of the molecule is CC(=O)c1csc(NC(=O)c2cc3c(cc2N)OCO3)n1. The lowest BCUT2D eigenvalue weighted by molar-refractivity contribution is 0.100. The second-order valence-corrected chi connectivity index (χ2v) is 5.20. The van der Waals surface area contributed by atoms with Crippen molar-refractivity contribution < 1.29 is 19.1 Å². The number of nitrogens with two attached hydrogens (primary N) is 1. The molecule has 0 saturated carbocycles. The Morgan fingerprint density at radius 1 is 1.33 bits per heavy atom. The molecule has 0 saturated heterocycles. The average molecular weight is 305 g/mol. The first-order valence-electron chi connectivity index (χ1n) is 6.01. The van der Waals surface area contributed by atoms with Gasteiger partial charge in [-0.05, 0) is 6.07 Å². The van der Waals surface area contributed by atoms with E-state index < -0.39 is 5.91 Å². The maximum absolute atomic E-state index is 12.2. The van der Waals surface area contributed by atoms with Gasteiger partial charge in [-0.2, -0.15) is 0 Å². The zero-order valence-electron chi connectivity index (χ0n) is 11.0. The number of hydrogen-bond donors (Lipinski definition) is 2. The minimum Gasteiger partial charge on any atom is -0.454 e. The van der Waals surface area contributed by atoms with Crippen molar-refractivity contribution in [2.75, 3.05) is 17.8 Å². The van der Waals surface area contributed by atoms with E-state index in [0.29, 0.717) is 22.3 Å². The van der Waals surface area contributed by atoms with Gasteiger partial charge in [0.25, 0.3) is 5.91 Å². The van der Waals surface area contributed by atoms with Crippen LogP contribution >= 0.6 is 11.3 Å². The molecule has 0 radical (unpaired) electrons. The molecule has 21 heavy (non-hydrogen) atoms. The van der Waals surface area contributed by atoms with Crippen LogP contribution in [0.1, 0.15) is 27.8 Å². The smallest absolute Gasteiger partial charge is 0.259 e. The van der Waals surface area contributed by atoms with E-state index >= 15 is 0 Å². The topological polar surface area (TPSA) is 104 Å². The number of ketones is 1. The average Bonchev–Trinajstić information content (AvgIpc) is 3.05. The van der Waals surface area contributed by atoms with E-state index in [-0.39, 0.29) is 23.8 Å². The second kappa shape index (κ2) is 5.06. The third-order valence-corrected chi connectivity index (χ3v) is 3.63. The van der Waals surface area contributed by atoms with E-state index in [9.17, 15) is 9.59 Å². The molecule has 1 aromatic heterocycles. The summed E-state index contributed by atoms with van der Waals surface area (Å²) in [6, 6.07) is 3.06. The number of fused-ring (bicyclic) bond motifs is 1. The lowest BCUT2D eigenvalue weighted by Crippen LogP contribution is -2.14. The molecule has 2 aromatic rings. The van der Waals surface area contributed by atoms with Crippen molar-refractivity contribution in [3.8, 4) is 11.5 Å². The summed E-state index contributed by atoms with van der Waals surface area (Å²) in [5, 5.41) is 4.53. The summed E-state index contributed by atoms with van der Waals surface area (Å²) in [6.45, 7) is 1.52. The normalized spacial score (nSPS) is 12.2. The van der Waals surface area contributed by atoms with Gasteiger partial charge >= 0.3 is 0 Å². The van der Waals surface area contributed by atoms with Crippen LogP contribution < -0.4 is 20.5 Å². The molecule has 0 spiro atoms. The van der Waals surface area contributed by atoms with Crippen LogP contribution in [0.25, 0.3) is 0 Å². The summed E-state index contributed by atoms with van der Waals surface area (Å²) in [4.78, 5) is 27.4. The van der Waals surface area contributed by atoms with Gasteiger partial charge in [-0.3, -0.25) is 14.9 Å². The third kappa shape index (κ3) is 2.52. The van der Waals surface area contributed by atoms with E-state index in [1.54, 1.807) is 11.4 Å². The van der Waals surface area contributed by atoms with Crippen molar-refractivity contribution in [2.24, 2.45) is 0 Å². The number of nitrogens with one attached hydrogen (secondary N) is 1. The largest absolute Gasteiger partial charge is 0.454 e. The van der Waals surface area contributed by atoms with Crippen LogP contribution in [0.5, 0.6) is 11.5 Å². The monoisotopic (exact) mass is 305 g/mol. The number of Topliss-reactive ketones (excluding diaryl/α,β-unsaturated/α-hetero) is 1. The molecule has 8 heteroatoms. The fourth-order valence-corrected chi connectivity index (χ4v) is 2.56. The zero-order chi connectivity index (χ0) is 15.0. The van der Waals surface area contributed by atoms with Gasteiger partial charge in [-0.15, -0.1) is 11.3 Å². The van der Waals surface area contributed by atoms with Gasteiger partial charge in [0.1, 0.15) is 5.69 Å². The Morgan fingerprint density at radius 2 is 2.05 bits per heavy atom. The molecule has 3 N–H and O–H groups in total. The summed E-state index contributed by atoms with van der Waals surface area (Å²) in [5.41, 5.74) is 6.69. The van der Waals surface area contributed by atoms with Crippen molar-refractivity contribution in [3.05, 3.63) is 28.8 Å². The van der Waals surface area contributed by atoms with Crippen LogP contribution in [0.2, 0.25) is 0 Å². The maximum atomic E-state index is 12.2. The Labute approximate surface area is 123 Å². The molecule has 3 rings (SSSR count). The second-order valence-electron chi connectivity index (χ2n) is 4.34. The van der Waals surface area contributed by atoms with Gasteiger partial charge in [0.15, 0.2) is 22.4 Å². The summed E-state index contributed by atoms with van der Waals surface area (Å²) >= 11 is 1.17. The number of thiazole rings is 1.